The van der Waals surface area contributed by atoms with Gasteiger partial charge in [-0.25, -0.2) is 0 Å². The van der Waals surface area contributed by atoms with Gasteiger partial charge in [0.2, 0.25) is 0 Å². The lowest BCUT2D eigenvalue weighted by atomic mass is 10.1. The van der Waals surface area contributed by atoms with Gasteiger partial charge in [-0.1, -0.05) is 13.8 Å². The first-order valence-electron chi connectivity index (χ1n) is 4.62. The van der Waals surface area contributed by atoms with Crippen LogP contribution in [0.5, 0.6) is 0 Å². The van der Waals surface area contributed by atoms with Crippen LogP contribution in [0, 0.1) is 0 Å². The maximum Gasteiger partial charge on any atom is 0.0573 e. The Labute approximate surface area is 87.9 Å². The van der Waals surface area contributed by atoms with E-state index in [0.717, 1.165) is 23.1 Å². The molecular weight excluding hydrogens is 228 g/mol. The smallest absolute Gasteiger partial charge is 0.0573 e. The summed E-state index contributed by atoms with van der Waals surface area (Å²) in [4.78, 5) is 4.36. The van der Waals surface area contributed by atoms with E-state index in [1.807, 2.05) is 12.3 Å². The molecule has 0 bridgehead atoms. The first-order chi connectivity index (χ1) is 6.27. The third kappa shape index (κ3) is 3.08. The van der Waals surface area contributed by atoms with E-state index in [9.17, 15) is 0 Å². The zero-order valence-electron chi connectivity index (χ0n) is 8.05. The highest BCUT2D eigenvalue weighted by Crippen LogP contribution is 2.15. The first kappa shape index (κ1) is 10.7. The predicted octanol–water partition coefficient (Wildman–Crippen LogP) is 2.90. The van der Waals surface area contributed by atoms with E-state index in [1.54, 1.807) is 0 Å². The molecule has 0 aliphatic heterocycles. The van der Waals surface area contributed by atoms with Crippen molar-refractivity contribution < 1.29 is 0 Å². The molecule has 1 atom stereocenters. The third-order valence-corrected chi connectivity index (χ3v) is 2.44. The molecule has 72 valence electrons. The van der Waals surface area contributed by atoms with Crippen molar-refractivity contribution in [1.29, 1.82) is 0 Å². The predicted molar refractivity (Wildman–Crippen MR) is 58.6 cm³/mol. The zero-order chi connectivity index (χ0) is 9.68. The van der Waals surface area contributed by atoms with Gasteiger partial charge in [-0.05, 0) is 41.0 Å². The molecular formula is C10H15BrN2. The first-order valence-corrected chi connectivity index (χ1v) is 5.42. The fourth-order valence-electron chi connectivity index (χ4n) is 1.30. The molecule has 0 amide bonds. The van der Waals surface area contributed by atoms with Crippen molar-refractivity contribution in [3.63, 3.8) is 0 Å². The summed E-state index contributed by atoms with van der Waals surface area (Å²) in [6.45, 7) is 5.26. The van der Waals surface area contributed by atoms with Crippen molar-refractivity contribution in [3.8, 4) is 0 Å². The van der Waals surface area contributed by atoms with Crippen LogP contribution >= 0.6 is 15.9 Å². The van der Waals surface area contributed by atoms with E-state index in [-0.39, 0.29) is 0 Å². The zero-order valence-corrected chi connectivity index (χ0v) is 9.63. The second kappa shape index (κ2) is 5.35. The largest absolute Gasteiger partial charge is 0.309 e. The van der Waals surface area contributed by atoms with E-state index >= 15 is 0 Å². The summed E-state index contributed by atoms with van der Waals surface area (Å²) in [5, 5.41) is 3.39. The Kier molecular flexibility index (Phi) is 4.39. The van der Waals surface area contributed by atoms with Gasteiger partial charge in [0.05, 0.1) is 5.69 Å². The van der Waals surface area contributed by atoms with E-state index in [2.05, 4.69) is 46.1 Å². The Hall–Kier alpha value is -0.410. The third-order valence-electron chi connectivity index (χ3n) is 1.97. The van der Waals surface area contributed by atoms with Crippen molar-refractivity contribution in [2.75, 3.05) is 6.54 Å². The lowest BCUT2D eigenvalue weighted by Gasteiger charge is -2.14. The van der Waals surface area contributed by atoms with Crippen LogP contribution in [0.4, 0.5) is 0 Å². The molecule has 0 fully saturated rings. The molecule has 0 radical (unpaired) electrons. The molecule has 0 spiro atoms. The number of rotatable bonds is 4. The van der Waals surface area contributed by atoms with Gasteiger partial charge in [-0.3, -0.25) is 4.98 Å². The summed E-state index contributed by atoms with van der Waals surface area (Å²) in [7, 11) is 0. The summed E-state index contributed by atoms with van der Waals surface area (Å²) in [5.41, 5.74) is 1.12. The minimum absolute atomic E-state index is 0.387. The molecule has 0 aromatic carbocycles. The molecule has 1 rings (SSSR count). The maximum atomic E-state index is 4.36. The molecule has 1 N–H and O–H groups in total. The topological polar surface area (TPSA) is 24.9 Å². The highest BCUT2D eigenvalue weighted by atomic mass is 79.9. The molecule has 0 aliphatic rings. The lowest BCUT2D eigenvalue weighted by molar-refractivity contribution is 0.524. The van der Waals surface area contributed by atoms with Crippen LogP contribution in [0.2, 0.25) is 0 Å². The van der Waals surface area contributed by atoms with E-state index in [0.29, 0.717) is 6.04 Å². The highest BCUT2D eigenvalue weighted by Gasteiger charge is 2.07. The van der Waals surface area contributed by atoms with Gasteiger partial charge in [0.1, 0.15) is 0 Å². The van der Waals surface area contributed by atoms with Crippen LogP contribution in [-0.2, 0) is 0 Å². The van der Waals surface area contributed by atoms with Gasteiger partial charge in [0.25, 0.3) is 0 Å². The van der Waals surface area contributed by atoms with E-state index in [1.165, 1.54) is 0 Å². The Morgan fingerprint density at radius 3 is 2.69 bits per heavy atom. The van der Waals surface area contributed by atoms with Crippen LogP contribution < -0.4 is 5.32 Å². The quantitative estimate of drug-likeness (QED) is 0.879. The summed E-state index contributed by atoms with van der Waals surface area (Å²) in [6.07, 6.45) is 2.91. The minimum Gasteiger partial charge on any atom is -0.309 e. The SMILES string of the molecule is CCNC(CC)c1ccc(Br)cn1. The average Bonchev–Trinajstić information content (AvgIpc) is 2.16. The number of aromatic nitrogens is 1. The molecule has 13 heavy (non-hydrogen) atoms. The second-order valence-electron chi connectivity index (χ2n) is 2.92. The average molecular weight is 243 g/mol. The van der Waals surface area contributed by atoms with Gasteiger partial charge >= 0.3 is 0 Å². The van der Waals surface area contributed by atoms with Gasteiger partial charge in [-0.15, -0.1) is 0 Å². The molecule has 1 unspecified atom stereocenters. The molecule has 3 heteroatoms. The normalized spacial score (nSPS) is 12.8. The van der Waals surface area contributed by atoms with Gasteiger partial charge in [0.15, 0.2) is 0 Å². The minimum atomic E-state index is 0.387. The fourth-order valence-corrected chi connectivity index (χ4v) is 1.53. The maximum absolute atomic E-state index is 4.36. The molecule has 1 aromatic heterocycles. The van der Waals surface area contributed by atoms with Crippen LogP contribution in [0.1, 0.15) is 32.0 Å². The number of pyridine rings is 1. The highest BCUT2D eigenvalue weighted by molar-refractivity contribution is 9.10. The van der Waals surface area contributed by atoms with Gasteiger partial charge < -0.3 is 5.32 Å². The van der Waals surface area contributed by atoms with Crippen molar-refractivity contribution in [2.45, 2.75) is 26.3 Å². The second-order valence-corrected chi connectivity index (χ2v) is 3.84. The van der Waals surface area contributed by atoms with Crippen molar-refractivity contribution >= 4 is 15.9 Å². The molecule has 0 aliphatic carbocycles. The van der Waals surface area contributed by atoms with Crippen LogP contribution in [0.25, 0.3) is 0 Å². The summed E-state index contributed by atoms with van der Waals surface area (Å²) in [6, 6.07) is 4.47. The number of nitrogens with one attached hydrogen (secondary N) is 1. The monoisotopic (exact) mass is 242 g/mol. The van der Waals surface area contributed by atoms with Crippen LogP contribution in [-0.4, -0.2) is 11.5 Å². The Bertz CT molecular complexity index is 246. The molecule has 1 aromatic rings. The Morgan fingerprint density at radius 2 is 2.23 bits per heavy atom. The van der Waals surface area contributed by atoms with Crippen LogP contribution in [0.15, 0.2) is 22.8 Å². The summed E-state index contributed by atoms with van der Waals surface area (Å²) < 4.78 is 1.03. The Balaban J connectivity index is 2.73. The summed E-state index contributed by atoms with van der Waals surface area (Å²) >= 11 is 3.37. The van der Waals surface area contributed by atoms with Gasteiger partial charge in [-0.2, -0.15) is 0 Å². The van der Waals surface area contributed by atoms with E-state index < -0.39 is 0 Å². The number of hydrogen-bond donors (Lipinski definition) is 1. The van der Waals surface area contributed by atoms with Gasteiger partial charge in [0, 0.05) is 16.7 Å². The number of halogens is 1. The van der Waals surface area contributed by atoms with E-state index in [4.69, 9.17) is 0 Å². The summed E-state index contributed by atoms with van der Waals surface area (Å²) in [5.74, 6) is 0. The number of hydrogen-bond acceptors (Lipinski definition) is 2. The van der Waals surface area contributed by atoms with Crippen molar-refractivity contribution in [3.05, 3.63) is 28.5 Å². The molecule has 0 saturated carbocycles. The van der Waals surface area contributed by atoms with Crippen molar-refractivity contribution in [1.82, 2.24) is 10.3 Å². The fraction of sp³-hybridized carbons (Fsp3) is 0.500. The molecule has 1 heterocycles. The number of nitrogens with zero attached hydrogens (tertiary/aromatic N) is 1. The molecule has 2 nitrogen and oxygen atoms in total. The van der Waals surface area contributed by atoms with Crippen LogP contribution in [0.3, 0.4) is 0 Å². The molecule has 0 saturated heterocycles. The van der Waals surface area contributed by atoms with Crippen molar-refractivity contribution in [2.24, 2.45) is 0 Å². The lowest BCUT2D eigenvalue weighted by Crippen LogP contribution is -2.20. The standard InChI is InChI=1S/C10H15BrN2/c1-3-9(12-4-2)10-6-5-8(11)7-13-10/h5-7,9,12H,3-4H2,1-2H3. The Morgan fingerprint density at radius 1 is 1.46 bits per heavy atom.